The molecular weight excluding hydrogens is 314 g/mol. The number of hydrogen-bond donors (Lipinski definition) is 0. The topological polar surface area (TPSA) is 60.9 Å². The maximum Gasteiger partial charge on any atom is 0.327 e. The summed E-state index contributed by atoms with van der Waals surface area (Å²) in [4.78, 5) is 42.8. The number of carbonyl (C=O) groups is 3. The molecule has 0 bridgehead atoms. The molecule has 1 aromatic rings. The fourth-order valence-corrected chi connectivity index (χ4v) is 4.33. The second-order valence-corrected chi connectivity index (χ2v) is 7.36. The molecule has 1 aliphatic carbocycles. The predicted octanol–water partition coefficient (Wildman–Crippen LogP) is 1.84. The zero-order chi connectivity index (χ0) is 16.0. The van der Waals surface area contributed by atoms with E-state index < -0.39 is 0 Å². The van der Waals surface area contributed by atoms with Gasteiger partial charge in [0.15, 0.2) is 0 Å². The fourth-order valence-electron chi connectivity index (χ4n) is 3.46. The Balaban J connectivity index is 1.45. The molecule has 23 heavy (non-hydrogen) atoms. The Morgan fingerprint density at radius 1 is 1.26 bits per heavy atom. The minimum absolute atomic E-state index is 0.0924. The van der Waals surface area contributed by atoms with E-state index in [0.717, 1.165) is 30.6 Å². The zero-order valence-electron chi connectivity index (χ0n) is 12.8. The van der Waals surface area contributed by atoms with Crippen LogP contribution in [-0.4, -0.2) is 58.2 Å². The lowest BCUT2D eigenvalue weighted by Gasteiger charge is -2.26. The summed E-state index contributed by atoms with van der Waals surface area (Å²) in [5.74, 6) is -0.373. The molecule has 1 atom stereocenters. The first-order chi connectivity index (χ1) is 11.1. The van der Waals surface area contributed by atoms with Gasteiger partial charge in [0, 0.05) is 17.5 Å². The van der Waals surface area contributed by atoms with Crippen LogP contribution >= 0.6 is 11.3 Å². The molecule has 1 unspecified atom stereocenters. The number of urea groups is 1. The van der Waals surface area contributed by atoms with Crippen LogP contribution in [0.2, 0.25) is 0 Å². The SMILES string of the molecule is O=C1CN(C2CC2)C(=O)N1CC(=O)N1CCCC1c1cccs1. The smallest absolute Gasteiger partial charge is 0.327 e. The number of hydrogen-bond acceptors (Lipinski definition) is 4. The van der Waals surface area contributed by atoms with Crippen LogP contribution in [0, 0.1) is 0 Å². The third-order valence-corrected chi connectivity index (χ3v) is 5.78. The van der Waals surface area contributed by atoms with Crippen LogP contribution in [0.15, 0.2) is 17.5 Å². The van der Waals surface area contributed by atoms with Crippen molar-refractivity contribution >= 4 is 29.2 Å². The summed E-state index contributed by atoms with van der Waals surface area (Å²) in [7, 11) is 0. The van der Waals surface area contributed by atoms with Gasteiger partial charge in [-0.2, -0.15) is 0 Å². The third-order valence-electron chi connectivity index (χ3n) is 4.81. The van der Waals surface area contributed by atoms with Crippen LogP contribution in [0.5, 0.6) is 0 Å². The monoisotopic (exact) mass is 333 g/mol. The van der Waals surface area contributed by atoms with E-state index in [0.29, 0.717) is 6.54 Å². The van der Waals surface area contributed by atoms with E-state index in [1.807, 2.05) is 22.4 Å². The summed E-state index contributed by atoms with van der Waals surface area (Å²) in [5.41, 5.74) is 0. The summed E-state index contributed by atoms with van der Waals surface area (Å²) in [5, 5.41) is 2.01. The molecule has 7 heteroatoms. The molecule has 3 fully saturated rings. The van der Waals surface area contributed by atoms with Crippen LogP contribution in [0.25, 0.3) is 0 Å². The van der Waals surface area contributed by atoms with E-state index in [1.54, 1.807) is 16.2 Å². The Morgan fingerprint density at radius 2 is 2.09 bits per heavy atom. The maximum atomic E-state index is 12.7. The number of imide groups is 1. The standard InChI is InChI=1S/C16H19N3O3S/c20-14(17-7-1-3-12(17)13-4-2-8-23-13)10-19-15(21)9-18(16(19)22)11-5-6-11/h2,4,8,11-12H,1,3,5-7,9-10H2. The maximum absolute atomic E-state index is 12.7. The second kappa shape index (κ2) is 5.63. The van der Waals surface area contributed by atoms with Crippen molar-refractivity contribution < 1.29 is 14.4 Å². The van der Waals surface area contributed by atoms with Crippen molar-refractivity contribution in [3.8, 4) is 0 Å². The summed E-state index contributed by atoms with van der Waals surface area (Å²) in [6.07, 6.45) is 3.84. The van der Waals surface area contributed by atoms with Crippen molar-refractivity contribution in [3.63, 3.8) is 0 Å². The van der Waals surface area contributed by atoms with Gasteiger partial charge in [-0.15, -0.1) is 11.3 Å². The first-order valence-corrected chi connectivity index (χ1v) is 8.97. The lowest BCUT2D eigenvalue weighted by atomic mass is 10.2. The number of rotatable bonds is 4. The van der Waals surface area contributed by atoms with Gasteiger partial charge in [-0.25, -0.2) is 4.79 Å². The van der Waals surface area contributed by atoms with Crippen molar-refractivity contribution in [2.45, 2.75) is 37.8 Å². The van der Waals surface area contributed by atoms with Gasteiger partial charge in [0.1, 0.15) is 13.1 Å². The molecule has 0 N–H and O–H groups in total. The van der Waals surface area contributed by atoms with E-state index >= 15 is 0 Å². The Hall–Kier alpha value is -1.89. The van der Waals surface area contributed by atoms with Crippen molar-refractivity contribution in [3.05, 3.63) is 22.4 Å². The number of amides is 4. The first kappa shape index (κ1) is 14.7. The number of thiophene rings is 1. The van der Waals surface area contributed by atoms with Crippen LogP contribution in [0.3, 0.4) is 0 Å². The third kappa shape index (κ3) is 2.63. The van der Waals surface area contributed by atoms with E-state index in [-0.39, 0.29) is 43.0 Å². The molecule has 0 aromatic carbocycles. The fraction of sp³-hybridized carbons (Fsp3) is 0.562. The molecule has 3 aliphatic rings. The second-order valence-electron chi connectivity index (χ2n) is 6.38. The summed E-state index contributed by atoms with van der Waals surface area (Å²) in [6.45, 7) is 0.706. The number of carbonyl (C=O) groups excluding carboxylic acids is 3. The van der Waals surface area contributed by atoms with E-state index in [4.69, 9.17) is 0 Å². The van der Waals surface area contributed by atoms with Crippen LogP contribution < -0.4 is 0 Å². The molecule has 3 heterocycles. The summed E-state index contributed by atoms with van der Waals surface area (Å²) >= 11 is 1.65. The number of likely N-dealkylation sites (tertiary alicyclic amines) is 1. The van der Waals surface area contributed by atoms with Gasteiger partial charge >= 0.3 is 6.03 Å². The number of nitrogens with zero attached hydrogens (tertiary/aromatic N) is 3. The van der Waals surface area contributed by atoms with Gasteiger partial charge in [-0.05, 0) is 37.1 Å². The van der Waals surface area contributed by atoms with E-state index in [1.165, 1.54) is 4.88 Å². The van der Waals surface area contributed by atoms with E-state index in [9.17, 15) is 14.4 Å². The zero-order valence-corrected chi connectivity index (χ0v) is 13.6. The van der Waals surface area contributed by atoms with Crippen molar-refractivity contribution in [1.29, 1.82) is 0 Å². The summed E-state index contributed by atoms with van der Waals surface area (Å²) in [6, 6.07) is 4.04. The van der Waals surface area contributed by atoms with Gasteiger partial charge in [0.05, 0.1) is 6.04 Å². The van der Waals surface area contributed by atoms with Crippen LogP contribution in [0.4, 0.5) is 4.79 Å². The average molecular weight is 333 g/mol. The molecule has 122 valence electrons. The average Bonchev–Trinajstić information content (AvgIpc) is 2.96. The Bertz CT molecular complexity index is 641. The highest BCUT2D eigenvalue weighted by molar-refractivity contribution is 7.10. The minimum Gasteiger partial charge on any atom is -0.333 e. The van der Waals surface area contributed by atoms with Crippen molar-refractivity contribution in [2.75, 3.05) is 19.6 Å². The highest BCUT2D eigenvalue weighted by atomic mass is 32.1. The Morgan fingerprint density at radius 3 is 2.78 bits per heavy atom. The molecule has 2 aliphatic heterocycles. The van der Waals surface area contributed by atoms with Crippen molar-refractivity contribution in [1.82, 2.24) is 14.7 Å². The van der Waals surface area contributed by atoms with Crippen LogP contribution in [-0.2, 0) is 9.59 Å². The molecule has 2 saturated heterocycles. The van der Waals surface area contributed by atoms with E-state index in [2.05, 4.69) is 0 Å². The lowest BCUT2D eigenvalue weighted by molar-refractivity contribution is -0.137. The van der Waals surface area contributed by atoms with Gasteiger partial charge in [-0.1, -0.05) is 6.07 Å². The molecule has 4 rings (SSSR count). The first-order valence-electron chi connectivity index (χ1n) is 8.09. The highest BCUT2D eigenvalue weighted by Crippen LogP contribution is 2.35. The predicted molar refractivity (Wildman–Crippen MR) is 84.8 cm³/mol. The highest BCUT2D eigenvalue weighted by Gasteiger charge is 2.45. The normalized spacial score (nSPS) is 24.9. The minimum atomic E-state index is -0.294. The molecule has 0 radical (unpaired) electrons. The molecule has 6 nitrogen and oxygen atoms in total. The van der Waals surface area contributed by atoms with Gasteiger partial charge in [0.25, 0.3) is 5.91 Å². The van der Waals surface area contributed by atoms with Crippen molar-refractivity contribution in [2.24, 2.45) is 0 Å². The molecule has 1 saturated carbocycles. The Labute approximate surface area is 138 Å². The largest absolute Gasteiger partial charge is 0.333 e. The molecule has 4 amide bonds. The van der Waals surface area contributed by atoms with Gasteiger partial charge in [-0.3, -0.25) is 14.5 Å². The van der Waals surface area contributed by atoms with Crippen LogP contribution in [0.1, 0.15) is 36.6 Å². The quantitative estimate of drug-likeness (QED) is 0.790. The molecule has 1 aromatic heterocycles. The molecular formula is C16H19N3O3S. The Kier molecular flexibility index (Phi) is 3.60. The van der Waals surface area contributed by atoms with Gasteiger partial charge in [0.2, 0.25) is 5.91 Å². The lowest BCUT2D eigenvalue weighted by Crippen LogP contribution is -2.43. The molecule has 0 spiro atoms. The van der Waals surface area contributed by atoms with Gasteiger partial charge < -0.3 is 9.80 Å². The summed E-state index contributed by atoms with van der Waals surface area (Å²) < 4.78 is 0.